The highest BCUT2D eigenvalue weighted by Crippen LogP contribution is 2.42. The number of amides is 1. The van der Waals surface area contributed by atoms with E-state index in [4.69, 9.17) is 4.74 Å². The first-order chi connectivity index (χ1) is 11.5. The third-order valence-electron chi connectivity index (χ3n) is 5.15. The molecule has 1 aromatic carbocycles. The van der Waals surface area contributed by atoms with Crippen molar-refractivity contribution in [3.63, 3.8) is 0 Å². The molecule has 0 spiro atoms. The Kier molecular flexibility index (Phi) is 5.04. The number of thioether (sulfide) groups is 1. The van der Waals surface area contributed by atoms with E-state index in [0.717, 1.165) is 24.2 Å². The number of aliphatic carboxylic acids is 1. The predicted molar refractivity (Wildman–Crippen MR) is 92.3 cm³/mol. The molecule has 2 aliphatic rings. The first-order valence-electron chi connectivity index (χ1n) is 8.35. The van der Waals surface area contributed by atoms with E-state index in [1.165, 1.54) is 4.90 Å². The molecule has 6 heteroatoms. The van der Waals surface area contributed by atoms with Gasteiger partial charge in [-0.2, -0.15) is 0 Å². The fourth-order valence-electron chi connectivity index (χ4n) is 3.99. The van der Waals surface area contributed by atoms with E-state index in [1.54, 1.807) is 18.7 Å². The summed E-state index contributed by atoms with van der Waals surface area (Å²) in [4.78, 5) is 27.1. The van der Waals surface area contributed by atoms with Gasteiger partial charge < -0.3 is 14.7 Å². The predicted octanol–water partition coefficient (Wildman–Crippen LogP) is 2.89. The van der Waals surface area contributed by atoms with Gasteiger partial charge in [0.2, 0.25) is 0 Å². The van der Waals surface area contributed by atoms with Crippen LogP contribution in [0.2, 0.25) is 0 Å². The Morgan fingerprint density at radius 3 is 2.62 bits per heavy atom. The normalized spacial score (nSPS) is 26.9. The van der Waals surface area contributed by atoms with Crippen LogP contribution in [0.4, 0.5) is 0 Å². The van der Waals surface area contributed by atoms with Crippen LogP contribution < -0.4 is 4.74 Å². The van der Waals surface area contributed by atoms with Gasteiger partial charge in [0.1, 0.15) is 11.8 Å². The fraction of sp³-hybridized carbons (Fsp3) is 0.556. The van der Waals surface area contributed by atoms with Crippen LogP contribution in [0.3, 0.4) is 0 Å². The average molecular weight is 349 g/mol. The molecule has 1 saturated carbocycles. The number of hydrogen-bond donors (Lipinski definition) is 1. The standard InChI is InChI=1S/C18H23NO4S/c1-11(23-13-6-8-14(24-2)9-7-13)17(20)19-10-12-4-3-5-15(12)16(19)18(21)22/h6-9,11-12,15-16H,3-5,10H2,1-2H3,(H,21,22). The van der Waals surface area contributed by atoms with Crippen molar-refractivity contribution in [2.45, 2.75) is 43.2 Å². The molecule has 24 heavy (non-hydrogen) atoms. The van der Waals surface area contributed by atoms with Crippen LogP contribution in [0.1, 0.15) is 26.2 Å². The number of carboxylic acid groups (broad SMARTS) is 1. The zero-order chi connectivity index (χ0) is 17.3. The second-order valence-corrected chi connectivity index (χ2v) is 7.44. The van der Waals surface area contributed by atoms with Crippen molar-refractivity contribution in [3.05, 3.63) is 24.3 Å². The molecule has 1 saturated heterocycles. The van der Waals surface area contributed by atoms with E-state index < -0.39 is 18.1 Å². The van der Waals surface area contributed by atoms with Gasteiger partial charge in [-0.3, -0.25) is 4.79 Å². The molecule has 1 aliphatic heterocycles. The molecule has 5 nitrogen and oxygen atoms in total. The molecular weight excluding hydrogens is 326 g/mol. The first-order valence-corrected chi connectivity index (χ1v) is 9.57. The van der Waals surface area contributed by atoms with Gasteiger partial charge in [0, 0.05) is 11.4 Å². The Hall–Kier alpha value is -1.69. The summed E-state index contributed by atoms with van der Waals surface area (Å²) in [5.41, 5.74) is 0. The molecule has 2 fully saturated rings. The minimum atomic E-state index is -0.894. The molecule has 1 heterocycles. The molecule has 4 atom stereocenters. The molecule has 4 unspecified atom stereocenters. The van der Waals surface area contributed by atoms with Crippen molar-refractivity contribution >= 4 is 23.6 Å². The van der Waals surface area contributed by atoms with Gasteiger partial charge in [-0.05, 0) is 62.1 Å². The molecule has 1 amide bonds. The van der Waals surface area contributed by atoms with Gasteiger partial charge in [0.15, 0.2) is 6.10 Å². The number of likely N-dealkylation sites (tertiary alicyclic amines) is 1. The van der Waals surface area contributed by atoms with Crippen molar-refractivity contribution in [1.29, 1.82) is 0 Å². The zero-order valence-electron chi connectivity index (χ0n) is 14.0. The van der Waals surface area contributed by atoms with E-state index in [1.807, 2.05) is 30.5 Å². The van der Waals surface area contributed by atoms with Crippen molar-refractivity contribution in [2.75, 3.05) is 12.8 Å². The Bertz CT molecular complexity index is 618. The number of carbonyl (C=O) groups is 2. The third-order valence-corrected chi connectivity index (χ3v) is 5.89. The SMILES string of the molecule is CSc1ccc(OC(C)C(=O)N2CC3CCCC3C2C(=O)O)cc1. The Morgan fingerprint density at radius 2 is 2.00 bits per heavy atom. The van der Waals surface area contributed by atoms with Crippen LogP contribution >= 0.6 is 11.8 Å². The Labute approximate surface area is 146 Å². The van der Waals surface area contributed by atoms with E-state index in [2.05, 4.69) is 0 Å². The van der Waals surface area contributed by atoms with Gasteiger partial charge in [-0.25, -0.2) is 4.79 Å². The molecule has 0 bridgehead atoms. The first kappa shape index (κ1) is 17.1. The topological polar surface area (TPSA) is 66.8 Å². The lowest BCUT2D eigenvalue weighted by Gasteiger charge is -2.27. The molecule has 1 aliphatic carbocycles. The number of benzene rings is 1. The highest BCUT2D eigenvalue weighted by atomic mass is 32.2. The van der Waals surface area contributed by atoms with Gasteiger partial charge in [0.05, 0.1) is 0 Å². The summed E-state index contributed by atoms with van der Waals surface area (Å²) in [6.07, 6.45) is 4.29. The fourth-order valence-corrected chi connectivity index (χ4v) is 4.40. The molecule has 130 valence electrons. The molecule has 3 rings (SSSR count). The molecule has 0 radical (unpaired) electrons. The van der Waals surface area contributed by atoms with Gasteiger partial charge >= 0.3 is 5.97 Å². The molecular formula is C18H23NO4S. The van der Waals surface area contributed by atoms with Crippen LogP contribution in [0.15, 0.2) is 29.2 Å². The lowest BCUT2D eigenvalue weighted by Crippen LogP contribution is -2.48. The minimum absolute atomic E-state index is 0.0968. The van der Waals surface area contributed by atoms with Crippen LogP contribution in [0.5, 0.6) is 5.75 Å². The van der Waals surface area contributed by atoms with Crippen LogP contribution in [0.25, 0.3) is 0 Å². The van der Waals surface area contributed by atoms with Gasteiger partial charge in [0.25, 0.3) is 5.91 Å². The second-order valence-electron chi connectivity index (χ2n) is 6.56. The lowest BCUT2D eigenvalue weighted by molar-refractivity contribution is -0.152. The molecule has 1 aromatic rings. The number of hydrogen-bond acceptors (Lipinski definition) is 4. The van der Waals surface area contributed by atoms with Gasteiger partial charge in [-0.1, -0.05) is 6.42 Å². The lowest BCUT2D eigenvalue weighted by atomic mass is 9.94. The maximum atomic E-state index is 12.8. The van der Waals surface area contributed by atoms with Gasteiger partial charge in [-0.15, -0.1) is 11.8 Å². The van der Waals surface area contributed by atoms with Crippen LogP contribution in [-0.2, 0) is 9.59 Å². The number of carbonyl (C=O) groups excluding carboxylic acids is 1. The highest BCUT2D eigenvalue weighted by Gasteiger charge is 2.50. The quantitative estimate of drug-likeness (QED) is 0.828. The van der Waals surface area contributed by atoms with E-state index >= 15 is 0 Å². The number of nitrogens with zero attached hydrogens (tertiary/aromatic N) is 1. The third kappa shape index (κ3) is 3.24. The molecule has 0 aromatic heterocycles. The summed E-state index contributed by atoms with van der Waals surface area (Å²) < 4.78 is 5.74. The molecule has 1 N–H and O–H groups in total. The largest absolute Gasteiger partial charge is 0.481 e. The van der Waals surface area contributed by atoms with Crippen molar-refractivity contribution < 1.29 is 19.4 Å². The maximum Gasteiger partial charge on any atom is 0.326 e. The monoisotopic (exact) mass is 349 g/mol. The summed E-state index contributed by atoms with van der Waals surface area (Å²) in [5, 5.41) is 9.57. The average Bonchev–Trinajstić information content (AvgIpc) is 3.15. The second kappa shape index (κ2) is 7.05. The summed E-state index contributed by atoms with van der Waals surface area (Å²) in [7, 11) is 0. The van der Waals surface area contributed by atoms with Crippen LogP contribution in [-0.4, -0.2) is 46.8 Å². The highest BCUT2D eigenvalue weighted by molar-refractivity contribution is 7.98. The summed E-state index contributed by atoms with van der Waals surface area (Å²) in [6.45, 7) is 2.23. The van der Waals surface area contributed by atoms with E-state index in [0.29, 0.717) is 18.2 Å². The van der Waals surface area contributed by atoms with E-state index in [9.17, 15) is 14.7 Å². The van der Waals surface area contributed by atoms with Crippen molar-refractivity contribution in [2.24, 2.45) is 11.8 Å². The van der Waals surface area contributed by atoms with Crippen molar-refractivity contribution in [3.8, 4) is 5.75 Å². The Balaban J connectivity index is 1.69. The Morgan fingerprint density at radius 1 is 1.29 bits per heavy atom. The summed E-state index contributed by atoms with van der Waals surface area (Å²) in [6, 6.07) is 6.86. The smallest absolute Gasteiger partial charge is 0.326 e. The number of rotatable bonds is 5. The minimum Gasteiger partial charge on any atom is -0.481 e. The van der Waals surface area contributed by atoms with Crippen LogP contribution in [0, 0.1) is 11.8 Å². The number of ether oxygens (including phenoxy) is 1. The number of fused-ring (bicyclic) bond motifs is 1. The number of carboxylic acids is 1. The van der Waals surface area contributed by atoms with Crippen molar-refractivity contribution in [1.82, 2.24) is 4.90 Å². The zero-order valence-corrected chi connectivity index (χ0v) is 14.8. The maximum absolute atomic E-state index is 12.8. The summed E-state index contributed by atoms with van der Waals surface area (Å²) in [5.74, 6) is -0.0810. The summed E-state index contributed by atoms with van der Waals surface area (Å²) >= 11 is 1.64. The van der Waals surface area contributed by atoms with E-state index in [-0.39, 0.29) is 11.8 Å².